The standard InChI is InChI=1S/C15H11F3N4/c16-10-2-4-11(5-3-10)22-15(14(8-19)20-21-22)9-1-6-12(17)13(18)7-9/h1-7H,8,19H2. The number of hydrogen-bond acceptors (Lipinski definition) is 3. The molecule has 3 rings (SSSR count). The van der Waals surface area contributed by atoms with E-state index in [0.29, 0.717) is 22.6 Å². The molecule has 0 unspecified atom stereocenters. The van der Waals surface area contributed by atoms with Gasteiger partial charge in [-0.3, -0.25) is 0 Å². The highest BCUT2D eigenvalue weighted by Gasteiger charge is 2.17. The van der Waals surface area contributed by atoms with Gasteiger partial charge in [0.25, 0.3) is 0 Å². The van der Waals surface area contributed by atoms with E-state index in [0.717, 1.165) is 12.1 Å². The molecule has 1 aromatic heterocycles. The Balaban J connectivity index is 2.19. The number of aromatic nitrogens is 3. The Hall–Kier alpha value is -2.67. The fourth-order valence-corrected chi connectivity index (χ4v) is 2.15. The van der Waals surface area contributed by atoms with E-state index in [4.69, 9.17) is 5.73 Å². The molecule has 7 heteroatoms. The first-order valence-corrected chi connectivity index (χ1v) is 6.46. The fourth-order valence-electron chi connectivity index (χ4n) is 2.15. The van der Waals surface area contributed by atoms with Crippen LogP contribution in [0.25, 0.3) is 16.9 Å². The topological polar surface area (TPSA) is 56.7 Å². The monoisotopic (exact) mass is 304 g/mol. The van der Waals surface area contributed by atoms with Crippen molar-refractivity contribution in [3.05, 3.63) is 65.6 Å². The lowest BCUT2D eigenvalue weighted by atomic mass is 10.1. The van der Waals surface area contributed by atoms with Gasteiger partial charge in [0.15, 0.2) is 11.6 Å². The summed E-state index contributed by atoms with van der Waals surface area (Å²) in [7, 11) is 0. The molecule has 2 aromatic carbocycles. The van der Waals surface area contributed by atoms with Crippen LogP contribution in [0.5, 0.6) is 0 Å². The second-order valence-electron chi connectivity index (χ2n) is 4.61. The second-order valence-corrected chi connectivity index (χ2v) is 4.61. The molecular formula is C15H11F3N4. The molecule has 0 aliphatic rings. The SMILES string of the molecule is NCc1nnn(-c2ccc(F)cc2)c1-c1ccc(F)c(F)c1. The van der Waals surface area contributed by atoms with Crippen molar-refractivity contribution in [2.24, 2.45) is 5.73 Å². The molecule has 0 saturated carbocycles. The maximum atomic E-state index is 13.5. The highest BCUT2D eigenvalue weighted by Crippen LogP contribution is 2.26. The van der Waals surface area contributed by atoms with Gasteiger partial charge >= 0.3 is 0 Å². The molecule has 0 bridgehead atoms. The Morgan fingerprint density at radius 1 is 0.955 bits per heavy atom. The molecule has 4 nitrogen and oxygen atoms in total. The Kier molecular flexibility index (Phi) is 3.64. The Morgan fingerprint density at radius 3 is 2.32 bits per heavy atom. The maximum Gasteiger partial charge on any atom is 0.159 e. The van der Waals surface area contributed by atoms with Gasteiger partial charge in [0.05, 0.1) is 11.4 Å². The summed E-state index contributed by atoms with van der Waals surface area (Å²) in [5.41, 5.74) is 7.41. The van der Waals surface area contributed by atoms with Gasteiger partial charge in [-0.2, -0.15) is 0 Å². The molecule has 3 aromatic rings. The van der Waals surface area contributed by atoms with Crippen LogP contribution in [0.1, 0.15) is 5.69 Å². The zero-order chi connectivity index (χ0) is 15.7. The van der Waals surface area contributed by atoms with Gasteiger partial charge in [-0.25, -0.2) is 17.9 Å². The minimum atomic E-state index is -0.979. The summed E-state index contributed by atoms with van der Waals surface area (Å²) < 4.78 is 41.0. The smallest absolute Gasteiger partial charge is 0.159 e. The third-order valence-electron chi connectivity index (χ3n) is 3.20. The van der Waals surface area contributed by atoms with Crippen molar-refractivity contribution in [1.82, 2.24) is 15.0 Å². The summed E-state index contributed by atoms with van der Waals surface area (Å²) in [5.74, 6) is -2.32. The molecule has 112 valence electrons. The lowest BCUT2D eigenvalue weighted by Gasteiger charge is -2.08. The number of rotatable bonds is 3. The number of nitrogens with zero attached hydrogens (tertiary/aromatic N) is 3. The van der Waals surface area contributed by atoms with Crippen LogP contribution in [0.4, 0.5) is 13.2 Å². The molecule has 0 amide bonds. The fraction of sp³-hybridized carbons (Fsp3) is 0.0667. The average molecular weight is 304 g/mol. The van der Waals surface area contributed by atoms with Crippen LogP contribution in [-0.2, 0) is 6.54 Å². The first-order chi connectivity index (χ1) is 10.6. The Labute approximate surface area is 124 Å². The molecule has 2 N–H and O–H groups in total. The molecule has 0 radical (unpaired) electrons. The summed E-state index contributed by atoms with van der Waals surface area (Å²) in [4.78, 5) is 0. The van der Waals surface area contributed by atoms with E-state index >= 15 is 0 Å². The number of halogens is 3. The van der Waals surface area contributed by atoms with Crippen LogP contribution < -0.4 is 5.73 Å². The van der Waals surface area contributed by atoms with Gasteiger partial charge in [-0.1, -0.05) is 5.21 Å². The summed E-state index contributed by atoms with van der Waals surface area (Å²) >= 11 is 0. The summed E-state index contributed by atoms with van der Waals surface area (Å²) in [5, 5.41) is 7.90. The zero-order valence-electron chi connectivity index (χ0n) is 11.3. The number of benzene rings is 2. The Morgan fingerprint density at radius 2 is 1.68 bits per heavy atom. The molecule has 22 heavy (non-hydrogen) atoms. The average Bonchev–Trinajstić information content (AvgIpc) is 2.94. The second kappa shape index (κ2) is 5.61. The lowest BCUT2D eigenvalue weighted by molar-refractivity contribution is 0.509. The number of nitrogens with two attached hydrogens (primary N) is 1. The quantitative estimate of drug-likeness (QED) is 0.809. The molecule has 0 saturated heterocycles. The van der Waals surface area contributed by atoms with Crippen molar-refractivity contribution >= 4 is 0 Å². The molecule has 0 atom stereocenters. The zero-order valence-corrected chi connectivity index (χ0v) is 11.3. The van der Waals surface area contributed by atoms with E-state index in [2.05, 4.69) is 10.3 Å². The van der Waals surface area contributed by atoms with Gasteiger partial charge in [-0.05, 0) is 42.5 Å². The third kappa shape index (κ3) is 2.46. The van der Waals surface area contributed by atoms with Crippen LogP contribution in [0.3, 0.4) is 0 Å². The van der Waals surface area contributed by atoms with Crippen LogP contribution in [-0.4, -0.2) is 15.0 Å². The van der Waals surface area contributed by atoms with Crippen molar-refractivity contribution in [2.75, 3.05) is 0 Å². The minimum absolute atomic E-state index is 0.0789. The molecular weight excluding hydrogens is 293 g/mol. The lowest BCUT2D eigenvalue weighted by Crippen LogP contribution is -2.03. The predicted octanol–water partition coefficient (Wildman–Crippen LogP) is 2.81. The van der Waals surface area contributed by atoms with E-state index < -0.39 is 17.5 Å². The highest BCUT2D eigenvalue weighted by atomic mass is 19.2. The van der Waals surface area contributed by atoms with Crippen molar-refractivity contribution in [1.29, 1.82) is 0 Å². The largest absolute Gasteiger partial charge is 0.325 e. The molecule has 1 heterocycles. The first-order valence-electron chi connectivity index (χ1n) is 6.46. The van der Waals surface area contributed by atoms with Gasteiger partial charge in [0, 0.05) is 12.1 Å². The normalized spacial score (nSPS) is 10.9. The van der Waals surface area contributed by atoms with Crippen LogP contribution >= 0.6 is 0 Å². The van der Waals surface area contributed by atoms with E-state index in [-0.39, 0.29) is 6.54 Å². The van der Waals surface area contributed by atoms with Crippen molar-refractivity contribution in [3.63, 3.8) is 0 Å². The number of hydrogen-bond donors (Lipinski definition) is 1. The maximum absolute atomic E-state index is 13.5. The third-order valence-corrected chi connectivity index (χ3v) is 3.20. The van der Waals surface area contributed by atoms with Crippen molar-refractivity contribution in [2.45, 2.75) is 6.54 Å². The van der Waals surface area contributed by atoms with Gasteiger partial charge in [0.2, 0.25) is 0 Å². The minimum Gasteiger partial charge on any atom is -0.325 e. The summed E-state index contributed by atoms with van der Waals surface area (Å²) in [6.07, 6.45) is 0. The van der Waals surface area contributed by atoms with E-state index in [1.165, 1.54) is 35.0 Å². The van der Waals surface area contributed by atoms with Gasteiger partial charge in [0.1, 0.15) is 11.5 Å². The van der Waals surface area contributed by atoms with E-state index in [9.17, 15) is 13.2 Å². The highest BCUT2D eigenvalue weighted by molar-refractivity contribution is 5.64. The predicted molar refractivity (Wildman–Crippen MR) is 74.6 cm³/mol. The van der Waals surface area contributed by atoms with Crippen LogP contribution in [0, 0.1) is 17.5 Å². The first kappa shape index (κ1) is 14.3. The van der Waals surface area contributed by atoms with Crippen LogP contribution in [0.2, 0.25) is 0 Å². The van der Waals surface area contributed by atoms with Crippen LogP contribution in [0.15, 0.2) is 42.5 Å². The van der Waals surface area contributed by atoms with Crippen molar-refractivity contribution < 1.29 is 13.2 Å². The molecule has 0 fully saturated rings. The van der Waals surface area contributed by atoms with Crippen molar-refractivity contribution in [3.8, 4) is 16.9 Å². The van der Waals surface area contributed by atoms with Gasteiger partial charge in [-0.15, -0.1) is 5.10 Å². The summed E-state index contributed by atoms with van der Waals surface area (Å²) in [6, 6.07) is 9.04. The Bertz CT molecular complexity index is 812. The van der Waals surface area contributed by atoms with Gasteiger partial charge < -0.3 is 5.73 Å². The molecule has 0 aliphatic carbocycles. The molecule has 0 aliphatic heterocycles. The molecule has 0 spiro atoms. The van der Waals surface area contributed by atoms with E-state index in [1.807, 2.05) is 0 Å². The van der Waals surface area contributed by atoms with E-state index in [1.54, 1.807) is 0 Å². The summed E-state index contributed by atoms with van der Waals surface area (Å²) in [6.45, 7) is 0.0789.